The summed E-state index contributed by atoms with van der Waals surface area (Å²) in [5.41, 5.74) is 0.262. The van der Waals surface area contributed by atoms with Gasteiger partial charge in [0.25, 0.3) is 0 Å². The zero-order chi connectivity index (χ0) is 12.5. The van der Waals surface area contributed by atoms with Gasteiger partial charge < -0.3 is 14.7 Å². The van der Waals surface area contributed by atoms with Gasteiger partial charge >= 0.3 is 0 Å². The highest BCUT2D eigenvalue weighted by Gasteiger charge is 2.38. The second kappa shape index (κ2) is 4.37. The molecule has 4 nitrogen and oxygen atoms in total. The average molecular weight is 235 g/mol. The second-order valence-electron chi connectivity index (χ2n) is 4.77. The smallest absolute Gasteiger partial charge is 0.227 e. The van der Waals surface area contributed by atoms with Crippen LogP contribution in [0.5, 0.6) is 5.75 Å². The molecule has 1 amide bonds. The first-order valence-corrected chi connectivity index (χ1v) is 5.63. The number of hydrogen-bond donors (Lipinski definition) is 1. The maximum absolute atomic E-state index is 11.8. The summed E-state index contributed by atoms with van der Waals surface area (Å²) in [6.07, 6.45) is 0.375. The zero-order valence-electron chi connectivity index (χ0n) is 10.1. The molecule has 1 saturated heterocycles. The van der Waals surface area contributed by atoms with Crippen molar-refractivity contribution in [2.75, 3.05) is 20.2 Å². The number of nitrogens with zero attached hydrogens (tertiary/aromatic N) is 1. The molecule has 0 saturated carbocycles. The summed E-state index contributed by atoms with van der Waals surface area (Å²) in [5, 5.41) is 9.56. The lowest BCUT2D eigenvalue weighted by Gasteiger charge is -2.44. The Balaban J connectivity index is 1.90. The monoisotopic (exact) mass is 235 g/mol. The van der Waals surface area contributed by atoms with E-state index in [1.54, 1.807) is 18.9 Å². The lowest BCUT2D eigenvalue weighted by Crippen LogP contribution is -2.62. The first-order valence-electron chi connectivity index (χ1n) is 5.63. The second-order valence-corrected chi connectivity index (χ2v) is 4.77. The molecule has 0 aromatic heterocycles. The fraction of sp³-hybridized carbons (Fsp3) is 0.462. The van der Waals surface area contributed by atoms with E-state index in [4.69, 9.17) is 4.74 Å². The Morgan fingerprint density at radius 1 is 1.41 bits per heavy atom. The molecule has 0 radical (unpaired) electrons. The molecule has 1 aliphatic heterocycles. The van der Waals surface area contributed by atoms with Gasteiger partial charge in [-0.15, -0.1) is 0 Å². The number of carbonyl (C=O) groups is 1. The molecule has 0 atom stereocenters. The van der Waals surface area contributed by atoms with Crippen LogP contribution in [-0.2, 0) is 11.2 Å². The van der Waals surface area contributed by atoms with Crippen molar-refractivity contribution in [2.45, 2.75) is 18.9 Å². The third kappa shape index (κ3) is 2.77. The van der Waals surface area contributed by atoms with Gasteiger partial charge in [0, 0.05) is 0 Å². The van der Waals surface area contributed by atoms with Crippen molar-refractivity contribution in [1.29, 1.82) is 0 Å². The molecular formula is C13H17NO3. The molecule has 92 valence electrons. The summed E-state index contributed by atoms with van der Waals surface area (Å²) >= 11 is 0. The van der Waals surface area contributed by atoms with Gasteiger partial charge in [0.15, 0.2) is 0 Å². The normalized spacial score (nSPS) is 17.5. The van der Waals surface area contributed by atoms with E-state index in [2.05, 4.69) is 0 Å². The highest BCUT2D eigenvalue weighted by atomic mass is 16.5. The Bertz CT molecular complexity index is 403. The van der Waals surface area contributed by atoms with Crippen LogP contribution < -0.4 is 4.74 Å². The van der Waals surface area contributed by atoms with Gasteiger partial charge in [0.2, 0.25) is 5.91 Å². The molecule has 17 heavy (non-hydrogen) atoms. The molecule has 1 aromatic rings. The molecule has 1 aromatic carbocycles. The maximum atomic E-state index is 11.8. The molecule has 1 heterocycles. The van der Waals surface area contributed by atoms with E-state index in [-0.39, 0.29) is 5.91 Å². The summed E-state index contributed by atoms with van der Waals surface area (Å²) in [5.74, 6) is 0.842. The Hall–Kier alpha value is -1.55. The van der Waals surface area contributed by atoms with E-state index in [1.807, 2.05) is 24.3 Å². The van der Waals surface area contributed by atoms with Gasteiger partial charge in [0.05, 0.1) is 32.2 Å². The minimum atomic E-state index is -0.699. The topological polar surface area (TPSA) is 49.8 Å². The number of carbonyl (C=O) groups excluding carboxylic acids is 1. The van der Waals surface area contributed by atoms with Gasteiger partial charge in [0.1, 0.15) is 5.75 Å². The van der Waals surface area contributed by atoms with E-state index in [0.717, 1.165) is 11.3 Å². The highest BCUT2D eigenvalue weighted by molar-refractivity contribution is 5.79. The van der Waals surface area contributed by atoms with Crippen molar-refractivity contribution in [1.82, 2.24) is 4.90 Å². The number of hydrogen-bond acceptors (Lipinski definition) is 3. The number of methoxy groups -OCH3 is 1. The summed E-state index contributed by atoms with van der Waals surface area (Å²) in [7, 11) is 1.61. The molecule has 1 aliphatic rings. The zero-order valence-corrected chi connectivity index (χ0v) is 10.1. The fourth-order valence-electron chi connectivity index (χ4n) is 1.98. The predicted octanol–water partition coefficient (Wildman–Crippen LogP) is 0.831. The van der Waals surface area contributed by atoms with Crippen molar-refractivity contribution < 1.29 is 14.6 Å². The van der Waals surface area contributed by atoms with Crippen molar-refractivity contribution in [3.05, 3.63) is 29.8 Å². The van der Waals surface area contributed by atoms with Crippen molar-refractivity contribution in [3.63, 3.8) is 0 Å². The van der Waals surface area contributed by atoms with Crippen LogP contribution in [0.1, 0.15) is 12.5 Å². The molecule has 2 rings (SSSR count). The number of rotatable bonds is 3. The molecule has 0 spiro atoms. The first-order chi connectivity index (χ1) is 8.00. The minimum absolute atomic E-state index is 0.0571. The fourth-order valence-corrected chi connectivity index (χ4v) is 1.98. The number of aliphatic hydroxyl groups is 1. The van der Waals surface area contributed by atoms with Crippen LogP contribution in [0.25, 0.3) is 0 Å². The molecule has 0 unspecified atom stereocenters. The highest BCUT2D eigenvalue weighted by Crippen LogP contribution is 2.21. The Morgan fingerprint density at radius 3 is 2.47 bits per heavy atom. The van der Waals surface area contributed by atoms with Crippen molar-refractivity contribution in [2.24, 2.45) is 0 Å². The Labute approximate surface area is 101 Å². The van der Waals surface area contributed by atoms with E-state index in [0.29, 0.717) is 19.5 Å². The predicted molar refractivity (Wildman–Crippen MR) is 63.9 cm³/mol. The van der Waals surface area contributed by atoms with Crippen molar-refractivity contribution in [3.8, 4) is 5.75 Å². The summed E-state index contributed by atoms with van der Waals surface area (Å²) in [6, 6.07) is 7.45. The summed E-state index contributed by atoms with van der Waals surface area (Å²) in [6.45, 7) is 2.61. The van der Waals surface area contributed by atoms with Crippen LogP contribution in [0, 0.1) is 0 Å². The van der Waals surface area contributed by atoms with Crippen LogP contribution >= 0.6 is 0 Å². The number of β-amino-alcohol motifs (C(OH)–C–C–N with tert-alkyl or cyclic N) is 1. The van der Waals surface area contributed by atoms with Gasteiger partial charge in [-0.1, -0.05) is 12.1 Å². The minimum Gasteiger partial charge on any atom is -0.497 e. The maximum Gasteiger partial charge on any atom is 0.227 e. The standard InChI is InChI=1S/C13H17NO3/c1-13(16)8-14(9-13)12(15)7-10-3-5-11(17-2)6-4-10/h3-6,16H,7-9H2,1-2H3. The summed E-state index contributed by atoms with van der Waals surface area (Å²) in [4.78, 5) is 13.5. The summed E-state index contributed by atoms with van der Waals surface area (Å²) < 4.78 is 5.05. The van der Waals surface area contributed by atoms with Gasteiger partial charge in [-0.3, -0.25) is 4.79 Å². The van der Waals surface area contributed by atoms with Gasteiger partial charge in [-0.2, -0.15) is 0 Å². The van der Waals surface area contributed by atoms with Crippen LogP contribution in [0.3, 0.4) is 0 Å². The number of benzene rings is 1. The number of amides is 1. The molecule has 0 bridgehead atoms. The largest absolute Gasteiger partial charge is 0.497 e. The van der Waals surface area contributed by atoms with E-state index < -0.39 is 5.60 Å². The van der Waals surface area contributed by atoms with E-state index >= 15 is 0 Å². The van der Waals surface area contributed by atoms with Crippen LogP contribution in [-0.4, -0.2) is 41.7 Å². The third-order valence-corrected chi connectivity index (χ3v) is 2.93. The third-order valence-electron chi connectivity index (χ3n) is 2.93. The number of ether oxygens (including phenoxy) is 1. The number of likely N-dealkylation sites (tertiary alicyclic amines) is 1. The van der Waals surface area contributed by atoms with Crippen LogP contribution in [0.4, 0.5) is 0 Å². The lowest BCUT2D eigenvalue weighted by atomic mass is 9.96. The van der Waals surface area contributed by atoms with E-state index in [9.17, 15) is 9.90 Å². The Morgan fingerprint density at radius 2 is 2.00 bits per heavy atom. The molecule has 1 N–H and O–H groups in total. The van der Waals surface area contributed by atoms with Gasteiger partial charge in [-0.05, 0) is 24.6 Å². The van der Waals surface area contributed by atoms with Gasteiger partial charge in [-0.25, -0.2) is 0 Å². The van der Waals surface area contributed by atoms with Crippen molar-refractivity contribution >= 4 is 5.91 Å². The average Bonchev–Trinajstić information content (AvgIpc) is 2.26. The first kappa shape index (κ1) is 11.9. The lowest BCUT2D eigenvalue weighted by molar-refractivity contribution is -0.151. The van der Waals surface area contributed by atoms with Crippen LogP contribution in [0.2, 0.25) is 0 Å². The molecular weight excluding hydrogens is 218 g/mol. The Kier molecular flexibility index (Phi) is 3.07. The van der Waals surface area contributed by atoms with E-state index in [1.165, 1.54) is 0 Å². The SMILES string of the molecule is COc1ccc(CC(=O)N2CC(C)(O)C2)cc1. The molecule has 0 aliphatic carbocycles. The quantitative estimate of drug-likeness (QED) is 0.844. The van der Waals surface area contributed by atoms with Crippen LogP contribution in [0.15, 0.2) is 24.3 Å². The molecule has 4 heteroatoms. The molecule has 1 fully saturated rings.